The maximum Gasteiger partial charge on any atom is 0.410 e. The molecular formula is C18H34N2O3. The second kappa shape index (κ2) is 7.39. The summed E-state index contributed by atoms with van der Waals surface area (Å²) in [5.74, 6) is 0. The third-order valence-electron chi connectivity index (χ3n) is 4.59. The summed E-state index contributed by atoms with van der Waals surface area (Å²) < 4.78 is 11.3. The van der Waals surface area contributed by atoms with Gasteiger partial charge in [0.1, 0.15) is 5.60 Å². The van der Waals surface area contributed by atoms with Crippen LogP contribution in [0.1, 0.15) is 66.7 Å². The first-order valence-electron chi connectivity index (χ1n) is 9.03. The standard InChI is InChI=1S/C18H34N2O3/c1-17(2,3)23-16(21)20-10-7-6-8-15(20)13-19-14-9-11-22-18(4,5)12-14/h14-15,19H,6-13H2,1-5H3. The first-order chi connectivity index (χ1) is 10.7. The molecule has 1 amide bonds. The van der Waals surface area contributed by atoms with Gasteiger partial charge in [0.15, 0.2) is 0 Å². The minimum absolute atomic E-state index is 0.0483. The Kier molecular flexibility index (Phi) is 5.95. The van der Waals surface area contributed by atoms with E-state index in [0.29, 0.717) is 6.04 Å². The van der Waals surface area contributed by atoms with Gasteiger partial charge in [-0.2, -0.15) is 0 Å². The van der Waals surface area contributed by atoms with Gasteiger partial charge in [-0.1, -0.05) is 0 Å². The van der Waals surface area contributed by atoms with Crippen LogP contribution in [0, 0.1) is 0 Å². The first kappa shape index (κ1) is 18.5. The number of ether oxygens (including phenoxy) is 2. The van der Waals surface area contributed by atoms with E-state index in [1.54, 1.807) is 0 Å². The SMILES string of the molecule is CC(C)(C)OC(=O)N1CCCCC1CNC1CCOC(C)(C)C1. The van der Waals surface area contributed by atoms with E-state index in [-0.39, 0.29) is 17.7 Å². The third-order valence-corrected chi connectivity index (χ3v) is 4.59. The van der Waals surface area contributed by atoms with Crippen LogP contribution in [0.25, 0.3) is 0 Å². The molecule has 1 N–H and O–H groups in total. The maximum atomic E-state index is 12.4. The molecule has 0 spiro atoms. The fraction of sp³-hybridized carbons (Fsp3) is 0.944. The summed E-state index contributed by atoms with van der Waals surface area (Å²) >= 11 is 0. The fourth-order valence-electron chi connectivity index (χ4n) is 3.48. The number of carbonyl (C=O) groups excluding carboxylic acids is 1. The van der Waals surface area contributed by atoms with Gasteiger partial charge in [0.25, 0.3) is 0 Å². The van der Waals surface area contributed by atoms with Crippen molar-refractivity contribution in [2.24, 2.45) is 0 Å². The van der Waals surface area contributed by atoms with Crippen molar-refractivity contribution < 1.29 is 14.3 Å². The molecule has 23 heavy (non-hydrogen) atoms. The molecule has 2 heterocycles. The Morgan fingerprint density at radius 3 is 2.70 bits per heavy atom. The highest BCUT2D eigenvalue weighted by Crippen LogP contribution is 2.25. The molecule has 0 aromatic rings. The number of hydrogen-bond donors (Lipinski definition) is 1. The lowest BCUT2D eigenvalue weighted by Crippen LogP contribution is -2.53. The number of amides is 1. The molecule has 0 aliphatic carbocycles. The van der Waals surface area contributed by atoms with Gasteiger partial charge < -0.3 is 19.7 Å². The lowest BCUT2D eigenvalue weighted by atomic mass is 9.93. The van der Waals surface area contributed by atoms with E-state index in [9.17, 15) is 4.79 Å². The van der Waals surface area contributed by atoms with Crippen LogP contribution in [0.3, 0.4) is 0 Å². The fourth-order valence-corrected chi connectivity index (χ4v) is 3.48. The van der Waals surface area contributed by atoms with Crippen LogP contribution in [0.4, 0.5) is 4.79 Å². The molecule has 2 fully saturated rings. The molecule has 2 aliphatic heterocycles. The van der Waals surface area contributed by atoms with Crippen LogP contribution in [-0.2, 0) is 9.47 Å². The lowest BCUT2D eigenvalue weighted by molar-refractivity contribution is -0.0638. The van der Waals surface area contributed by atoms with E-state index < -0.39 is 5.60 Å². The highest BCUT2D eigenvalue weighted by atomic mass is 16.6. The van der Waals surface area contributed by atoms with E-state index in [0.717, 1.165) is 45.4 Å². The van der Waals surface area contributed by atoms with Crippen LogP contribution >= 0.6 is 0 Å². The second-order valence-electron chi connectivity index (χ2n) is 8.53. The van der Waals surface area contributed by atoms with E-state index in [1.165, 1.54) is 6.42 Å². The van der Waals surface area contributed by atoms with Crippen molar-refractivity contribution in [3.8, 4) is 0 Å². The van der Waals surface area contributed by atoms with Crippen molar-refractivity contribution >= 4 is 6.09 Å². The minimum Gasteiger partial charge on any atom is -0.444 e. The summed E-state index contributed by atoms with van der Waals surface area (Å²) in [5.41, 5.74) is -0.482. The molecule has 2 rings (SSSR count). The molecular weight excluding hydrogens is 292 g/mol. The lowest BCUT2D eigenvalue weighted by Gasteiger charge is -2.40. The average Bonchev–Trinajstić information content (AvgIpc) is 2.42. The molecule has 2 saturated heterocycles. The van der Waals surface area contributed by atoms with Crippen LogP contribution in [0.2, 0.25) is 0 Å². The smallest absolute Gasteiger partial charge is 0.410 e. The van der Waals surface area contributed by atoms with Crippen molar-refractivity contribution in [3.05, 3.63) is 0 Å². The van der Waals surface area contributed by atoms with Gasteiger partial charge >= 0.3 is 6.09 Å². The van der Waals surface area contributed by atoms with Crippen LogP contribution in [0.5, 0.6) is 0 Å². The Morgan fingerprint density at radius 1 is 1.30 bits per heavy atom. The molecule has 2 atom stereocenters. The summed E-state index contributed by atoms with van der Waals surface area (Å²) in [6.45, 7) is 12.5. The number of hydrogen-bond acceptors (Lipinski definition) is 4. The average molecular weight is 326 g/mol. The van der Waals surface area contributed by atoms with Gasteiger partial charge in [0, 0.05) is 31.8 Å². The topological polar surface area (TPSA) is 50.8 Å². The van der Waals surface area contributed by atoms with E-state index in [2.05, 4.69) is 19.2 Å². The van der Waals surface area contributed by atoms with Crippen LogP contribution < -0.4 is 5.32 Å². The number of nitrogens with zero attached hydrogens (tertiary/aromatic N) is 1. The monoisotopic (exact) mass is 326 g/mol. The normalized spacial score (nSPS) is 28.5. The largest absolute Gasteiger partial charge is 0.444 e. The van der Waals surface area contributed by atoms with E-state index in [1.807, 2.05) is 25.7 Å². The number of nitrogens with one attached hydrogen (secondary N) is 1. The van der Waals surface area contributed by atoms with Crippen LogP contribution in [-0.4, -0.2) is 54.0 Å². The predicted molar refractivity (Wildman–Crippen MR) is 91.6 cm³/mol. The Labute approximate surface area is 141 Å². The van der Waals surface area contributed by atoms with Gasteiger partial charge in [0.05, 0.1) is 5.60 Å². The maximum absolute atomic E-state index is 12.4. The predicted octanol–water partition coefficient (Wildman–Crippen LogP) is 3.32. The summed E-state index contributed by atoms with van der Waals surface area (Å²) in [6, 6.07) is 0.714. The molecule has 5 heteroatoms. The number of likely N-dealkylation sites (tertiary alicyclic amines) is 1. The molecule has 0 radical (unpaired) electrons. The Hall–Kier alpha value is -0.810. The first-order valence-corrected chi connectivity index (χ1v) is 9.03. The van der Waals surface area contributed by atoms with E-state index in [4.69, 9.17) is 9.47 Å². The van der Waals surface area contributed by atoms with Gasteiger partial charge in [-0.15, -0.1) is 0 Å². The van der Waals surface area contributed by atoms with Crippen molar-refractivity contribution in [2.45, 2.75) is 90.0 Å². The molecule has 5 nitrogen and oxygen atoms in total. The number of carbonyl (C=O) groups is 1. The third kappa shape index (κ3) is 5.96. The molecule has 134 valence electrons. The van der Waals surface area contributed by atoms with Gasteiger partial charge in [-0.3, -0.25) is 0 Å². The second-order valence-corrected chi connectivity index (χ2v) is 8.53. The Morgan fingerprint density at radius 2 is 2.04 bits per heavy atom. The Bertz CT molecular complexity index is 404. The molecule has 2 aliphatic rings. The van der Waals surface area contributed by atoms with Gasteiger partial charge in [-0.05, 0) is 66.7 Å². The summed E-state index contributed by atoms with van der Waals surface area (Å²) in [7, 11) is 0. The highest BCUT2D eigenvalue weighted by Gasteiger charge is 2.32. The van der Waals surface area contributed by atoms with Gasteiger partial charge in [-0.25, -0.2) is 4.79 Å². The minimum atomic E-state index is -0.433. The van der Waals surface area contributed by atoms with Crippen molar-refractivity contribution in [3.63, 3.8) is 0 Å². The molecule has 2 unspecified atom stereocenters. The zero-order valence-corrected chi connectivity index (χ0v) is 15.5. The van der Waals surface area contributed by atoms with Crippen LogP contribution in [0.15, 0.2) is 0 Å². The summed E-state index contributed by atoms with van der Waals surface area (Å²) in [5, 5.41) is 3.67. The Balaban J connectivity index is 1.87. The number of rotatable bonds is 3. The zero-order valence-electron chi connectivity index (χ0n) is 15.5. The number of piperidine rings is 1. The molecule has 0 saturated carbocycles. The highest BCUT2D eigenvalue weighted by molar-refractivity contribution is 5.68. The summed E-state index contributed by atoms with van der Waals surface area (Å²) in [4.78, 5) is 14.4. The van der Waals surface area contributed by atoms with Crippen molar-refractivity contribution in [1.29, 1.82) is 0 Å². The quantitative estimate of drug-likeness (QED) is 0.864. The molecule has 0 aromatic carbocycles. The molecule has 0 bridgehead atoms. The van der Waals surface area contributed by atoms with Crippen molar-refractivity contribution in [1.82, 2.24) is 10.2 Å². The van der Waals surface area contributed by atoms with Crippen molar-refractivity contribution in [2.75, 3.05) is 19.7 Å². The van der Waals surface area contributed by atoms with Gasteiger partial charge in [0.2, 0.25) is 0 Å². The summed E-state index contributed by atoms with van der Waals surface area (Å²) in [6.07, 6.45) is 5.20. The zero-order chi connectivity index (χ0) is 17.1. The molecule has 0 aromatic heterocycles. The van der Waals surface area contributed by atoms with E-state index >= 15 is 0 Å².